The van der Waals surface area contributed by atoms with E-state index in [2.05, 4.69) is 10.6 Å². The van der Waals surface area contributed by atoms with Crippen molar-refractivity contribution in [2.45, 2.75) is 6.54 Å². The van der Waals surface area contributed by atoms with Crippen LogP contribution >= 0.6 is 11.6 Å². The fourth-order valence-corrected chi connectivity index (χ4v) is 2.14. The molecule has 2 rings (SSSR count). The molecule has 0 aromatic heterocycles. The summed E-state index contributed by atoms with van der Waals surface area (Å²) in [4.78, 5) is 12.0. The van der Waals surface area contributed by atoms with Gasteiger partial charge < -0.3 is 20.1 Å². The maximum atomic E-state index is 12.0. The van der Waals surface area contributed by atoms with Crippen molar-refractivity contribution in [3.05, 3.63) is 53.1 Å². The lowest BCUT2D eigenvalue weighted by atomic mass is 10.2. The second kappa shape index (κ2) is 7.56. The van der Waals surface area contributed by atoms with Gasteiger partial charge in [-0.2, -0.15) is 0 Å². The third-order valence-corrected chi connectivity index (χ3v) is 3.28. The highest BCUT2D eigenvalue weighted by Gasteiger charge is 2.09. The van der Waals surface area contributed by atoms with Crippen molar-refractivity contribution < 1.29 is 14.3 Å². The molecule has 0 bridgehead atoms. The lowest BCUT2D eigenvalue weighted by molar-refractivity contribution is 0.251. The van der Waals surface area contributed by atoms with Gasteiger partial charge in [-0.25, -0.2) is 4.79 Å². The van der Waals surface area contributed by atoms with Crippen molar-refractivity contribution in [1.82, 2.24) is 5.32 Å². The van der Waals surface area contributed by atoms with E-state index in [0.717, 1.165) is 11.3 Å². The molecule has 2 aromatic rings. The van der Waals surface area contributed by atoms with E-state index in [1.807, 2.05) is 24.3 Å². The number of carbonyl (C=O) groups excluding carboxylic acids is 1. The summed E-state index contributed by atoms with van der Waals surface area (Å²) in [6.07, 6.45) is 0. The predicted octanol–water partition coefficient (Wildman–Crippen LogP) is 3.68. The first kappa shape index (κ1) is 16.0. The Morgan fingerprint density at radius 1 is 1.09 bits per heavy atom. The molecule has 0 unspecified atom stereocenters. The van der Waals surface area contributed by atoms with Gasteiger partial charge in [-0.05, 0) is 24.3 Å². The number of ether oxygens (including phenoxy) is 2. The zero-order valence-corrected chi connectivity index (χ0v) is 13.1. The molecule has 0 radical (unpaired) electrons. The van der Waals surface area contributed by atoms with Crippen LogP contribution in [0.2, 0.25) is 5.02 Å². The second-order valence-electron chi connectivity index (χ2n) is 4.46. The molecule has 6 heteroatoms. The van der Waals surface area contributed by atoms with Gasteiger partial charge >= 0.3 is 6.03 Å². The molecule has 0 aliphatic heterocycles. The number of amides is 2. The molecule has 0 saturated carbocycles. The highest BCUT2D eigenvalue weighted by molar-refractivity contribution is 6.31. The zero-order valence-electron chi connectivity index (χ0n) is 12.4. The molecular weight excluding hydrogens is 304 g/mol. The largest absolute Gasteiger partial charge is 0.496 e. The fraction of sp³-hybridized carbons (Fsp3) is 0.188. The summed E-state index contributed by atoms with van der Waals surface area (Å²) in [5.74, 6) is 1.26. The minimum atomic E-state index is -0.355. The summed E-state index contributed by atoms with van der Waals surface area (Å²) in [5, 5.41) is 5.99. The van der Waals surface area contributed by atoms with Crippen LogP contribution in [-0.4, -0.2) is 20.3 Å². The summed E-state index contributed by atoms with van der Waals surface area (Å²) in [6, 6.07) is 12.1. The van der Waals surface area contributed by atoms with Gasteiger partial charge in [0.25, 0.3) is 0 Å². The number of nitrogens with one attached hydrogen (secondary N) is 2. The van der Waals surface area contributed by atoms with Crippen LogP contribution in [0.1, 0.15) is 5.56 Å². The lowest BCUT2D eigenvalue weighted by Crippen LogP contribution is -2.28. The highest BCUT2D eigenvalue weighted by Crippen LogP contribution is 2.27. The number of rotatable bonds is 5. The van der Waals surface area contributed by atoms with Crippen LogP contribution in [0.4, 0.5) is 10.5 Å². The van der Waals surface area contributed by atoms with Gasteiger partial charge in [-0.1, -0.05) is 29.8 Å². The molecule has 116 valence electrons. The van der Waals surface area contributed by atoms with Crippen LogP contribution in [0.5, 0.6) is 11.5 Å². The lowest BCUT2D eigenvalue weighted by Gasteiger charge is -2.12. The third-order valence-electron chi connectivity index (χ3n) is 3.04. The van der Waals surface area contributed by atoms with Crippen LogP contribution in [0.3, 0.4) is 0 Å². The van der Waals surface area contributed by atoms with Crippen molar-refractivity contribution in [3.63, 3.8) is 0 Å². The first-order valence-corrected chi connectivity index (χ1v) is 7.02. The molecule has 0 saturated heterocycles. The van der Waals surface area contributed by atoms with Crippen molar-refractivity contribution >= 4 is 23.3 Å². The molecule has 2 N–H and O–H groups in total. The number of hydrogen-bond acceptors (Lipinski definition) is 3. The summed E-state index contributed by atoms with van der Waals surface area (Å²) in [5.41, 5.74) is 1.39. The molecule has 0 spiro atoms. The Labute approximate surface area is 134 Å². The quantitative estimate of drug-likeness (QED) is 0.883. The molecule has 22 heavy (non-hydrogen) atoms. The van der Waals surface area contributed by atoms with Crippen LogP contribution in [0.25, 0.3) is 0 Å². The molecule has 0 aliphatic carbocycles. The van der Waals surface area contributed by atoms with Crippen LogP contribution < -0.4 is 20.1 Å². The Hall–Kier alpha value is -2.40. The Morgan fingerprint density at radius 3 is 2.55 bits per heavy atom. The third kappa shape index (κ3) is 4.05. The summed E-state index contributed by atoms with van der Waals surface area (Å²) >= 11 is 5.93. The number of urea groups is 1. The first-order chi connectivity index (χ1) is 10.6. The highest BCUT2D eigenvalue weighted by atomic mass is 35.5. The predicted molar refractivity (Wildman–Crippen MR) is 86.9 cm³/mol. The van der Waals surface area contributed by atoms with Crippen LogP contribution in [0.15, 0.2) is 42.5 Å². The molecule has 0 aliphatic rings. The summed E-state index contributed by atoms with van der Waals surface area (Å²) in [7, 11) is 3.12. The smallest absolute Gasteiger partial charge is 0.319 e. The van der Waals surface area contributed by atoms with E-state index in [4.69, 9.17) is 21.1 Å². The van der Waals surface area contributed by atoms with Crippen LogP contribution in [0, 0.1) is 0 Å². The minimum Gasteiger partial charge on any atom is -0.496 e. The summed E-state index contributed by atoms with van der Waals surface area (Å²) < 4.78 is 10.4. The molecular formula is C16H17ClN2O3. The molecule has 0 heterocycles. The van der Waals surface area contributed by atoms with Gasteiger partial charge in [-0.3, -0.25) is 0 Å². The SMILES string of the molecule is COc1ccccc1CNC(=O)Nc1cc(Cl)ccc1OC. The van der Waals surface area contributed by atoms with Gasteiger partial charge in [0, 0.05) is 17.1 Å². The number of halogens is 1. The second-order valence-corrected chi connectivity index (χ2v) is 4.90. The van der Waals surface area contributed by atoms with Crippen LogP contribution in [-0.2, 0) is 6.54 Å². The standard InChI is InChI=1S/C16H17ClN2O3/c1-21-14-6-4-3-5-11(14)10-18-16(20)19-13-9-12(17)7-8-15(13)22-2/h3-9H,10H2,1-2H3,(H2,18,19,20). The van der Waals surface area contributed by atoms with E-state index >= 15 is 0 Å². The van der Waals surface area contributed by atoms with Crippen molar-refractivity contribution in [2.24, 2.45) is 0 Å². The molecule has 5 nitrogen and oxygen atoms in total. The number of methoxy groups -OCH3 is 2. The molecule has 0 atom stereocenters. The Bertz CT molecular complexity index is 662. The van der Waals surface area contributed by atoms with Gasteiger partial charge in [0.05, 0.1) is 19.9 Å². The molecule has 2 amide bonds. The number of hydrogen-bond donors (Lipinski definition) is 2. The van der Waals surface area contributed by atoms with E-state index in [1.165, 1.54) is 7.11 Å². The Kier molecular flexibility index (Phi) is 5.49. The van der Waals surface area contributed by atoms with Gasteiger partial charge in [0.1, 0.15) is 11.5 Å². The topological polar surface area (TPSA) is 59.6 Å². The number of anilines is 1. The molecule has 0 fully saturated rings. The maximum absolute atomic E-state index is 12.0. The van der Waals surface area contributed by atoms with E-state index in [0.29, 0.717) is 23.0 Å². The van der Waals surface area contributed by atoms with Crippen molar-refractivity contribution in [2.75, 3.05) is 19.5 Å². The van der Waals surface area contributed by atoms with Gasteiger partial charge in [0.15, 0.2) is 0 Å². The normalized spacial score (nSPS) is 9.95. The van der Waals surface area contributed by atoms with Crippen molar-refractivity contribution in [1.29, 1.82) is 0 Å². The van der Waals surface area contributed by atoms with E-state index < -0.39 is 0 Å². The molecule has 2 aromatic carbocycles. The minimum absolute atomic E-state index is 0.346. The number of carbonyl (C=O) groups is 1. The van der Waals surface area contributed by atoms with Gasteiger partial charge in [-0.15, -0.1) is 0 Å². The monoisotopic (exact) mass is 320 g/mol. The first-order valence-electron chi connectivity index (χ1n) is 6.64. The number of benzene rings is 2. The average molecular weight is 321 g/mol. The summed E-state index contributed by atoms with van der Waals surface area (Å²) in [6.45, 7) is 0.346. The fourth-order valence-electron chi connectivity index (χ4n) is 1.97. The zero-order chi connectivity index (χ0) is 15.9. The average Bonchev–Trinajstić information content (AvgIpc) is 2.53. The van der Waals surface area contributed by atoms with Gasteiger partial charge in [0.2, 0.25) is 0 Å². The van der Waals surface area contributed by atoms with E-state index in [-0.39, 0.29) is 6.03 Å². The van der Waals surface area contributed by atoms with E-state index in [9.17, 15) is 4.79 Å². The Balaban J connectivity index is 2.00. The Morgan fingerprint density at radius 2 is 1.82 bits per heavy atom. The maximum Gasteiger partial charge on any atom is 0.319 e. The van der Waals surface area contributed by atoms with E-state index in [1.54, 1.807) is 25.3 Å². The number of para-hydroxylation sites is 1. The van der Waals surface area contributed by atoms with Crippen molar-refractivity contribution in [3.8, 4) is 11.5 Å².